The zero-order chi connectivity index (χ0) is 13.7. The van der Waals surface area contributed by atoms with E-state index in [-0.39, 0.29) is 0 Å². The van der Waals surface area contributed by atoms with E-state index in [2.05, 4.69) is 46.5 Å². The zero-order valence-corrected chi connectivity index (χ0v) is 11.1. The Morgan fingerprint density at radius 3 is 2.58 bits per heavy atom. The molecule has 2 aromatic rings. The summed E-state index contributed by atoms with van der Waals surface area (Å²) in [5.74, 6) is 1.31. The fourth-order valence-corrected chi connectivity index (χ4v) is 1.81. The van der Waals surface area contributed by atoms with Crippen LogP contribution in [0.1, 0.15) is 22.6 Å². The number of rotatable bonds is 4. The minimum atomic E-state index is 0.394. The Morgan fingerprint density at radius 2 is 1.89 bits per heavy atom. The van der Waals surface area contributed by atoms with Crippen molar-refractivity contribution in [3.8, 4) is 6.07 Å². The van der Waals surface area contributed by atoms with Crippen molar-refractivity contribution in [3.63, 3.8) is 0 Å². The molecule has 0 fully saturated rings. The third kappa shape index (κ3) is 3.78. The molecule has 0 bridgehead atoms. The average Bonchev–Trinajstić information content (AvgIpc) is 2.40. The molecule has 0 saturated heterocycles. The van der Waals surface area contributed by atoms with Gasteiger partial charge in [0, 0.05) is 12.6 Å². The highest BCUT2D eigenvalue weighted by Crippen LogP contribution is 2.07. The Morgan fingerprint density at radius 1 is 1.16 bits per heavy atom. The highest BCUT2D eigenvalue weighted by Gasteiger charge is 2.00. The molecule has 4 heteroatoms. The van der Waals surface area contributed by atoms with Crippen LogP contribution in [0.3, 0.4) is 0 Å². The summed E-state index contributed by atoms with van der Waals surface area (Å²) >= 11 is 0. The first-order chi connectivity index (χ1) is 9.17. The van der Waals surface area contributed by atoms with E-state index in [1.54, 1.807) is 13.0 Å². The highest BCUT2D eigenvalue weighted by atomic mass is 15.0. The zero-order valence-electron chi connectivity index (χ0n) is 11.1. The number of hydrogen-bond donors (Lipinski definition) is 1. The molecular formula is C15H16N4. The number of hydrogen-bond acceptors (Lipinski definition) is 4. The van der Waals surface area contributed by atoms with Crippen molar-refractivity contribution in [1.82, 2.24) is 9.97 Å². The maximum Gasteiger partial charge on any atom is 0.146 e. The van der Waals surface area contributed by atoms with Crippen LogP contribution < -0.4 is 5.32 Å². The molecule has 0 saturated carbocycles. The molecule has 2 rings (SSSR count). The van der Waals surface area contributed by atoms with Crippen molar-refractivity contribution in [3.05, 3.63) is 53.0 Å². The van der Waals surface area contributed by atoms with Crippen LogP contribution in [0, 0.1) is 25.2 Å². The number of aryl methyl sites for hydroxylation is 2. The fourth-order valence-electron chi connectivity index (χ4n) is 1.81. The molecule has 0 radical (unpaired) electrons. The molecule has 0 amide bonds. The normalized spacial score (nSPS) is 9.95. The van der Waals surface area contributed by atoms with Crippen LogP contribution in [0.4, 0.5) is 5.82 Å². The summed E-state index contributed by atoms with van der Waals surface area (Å²) in [7, 11) is 0. The molecular weight excluding hydrogens is 236 g/mol. The molecule has 0 atom stereocenters. The topological polar surface area (TPSA) is 61.6 Å². The summed E-state index contributed by atoms with van der Waals surface area (Å²) in [4.78, 5) is 8.27. The molecule has 0 aliphatic carbocycles. The molecule has 0 aliphatic heterocycles. The van der Waals surface area contributed by atoms with Crippen LogP contribution in [-0.2, 0) is 6.42 Å². The van der Waals surface area contributed by atoms with Gasteiger partial charge in [0.05, 0.1) is 0 Å². The molecule has 1 aromatic heterocycles. The first kappa shape index (κ1) is 13.0. The third-order valence-electron chi connectivity index (χ3n) is 2.79. The van der Waals surface area contributed by atoms with Gasteiger partial charge in [-0.2, -0.15) is 5.26 Å². The number of nitrogens with one attached hydrogen (secondary N) is 1. The van der Waals surface area contributed by atoms with E-state index in [4.69, 9.17) is 5.26 Å². The smallest absolute Gasteiger partial charge is 0.146 e. The quantitative estimate of drug-likeness (QED) is 0.908. The van der Waals surface area contributed by atoms with Crippen molar-refractivity contribution in [1.29, 1.82) is 5.26 Å². The summed E-state index contributed by atoms with van der Waals surface area (Å²) in [6, 6.07) is 12.2. The number of nitrogens with zero attached hydrogens (tertiary/aromatic N) is 3. The van der Waals surface area contributed by atoms with Crippen LogP contribution in [0.5, 0.6) is 0 Å². The average molecular weight is 252 g/mol. The largest absolute Gasteiger partial charge is 0.370 e. The van der Waals surface area contributed by atoms with Gasteiger partial charge in [0.15, 0.2) is 0 Å². The summed E-state index contributed by atoms with van der Waals surface area (Å²) in [6.45, 7) is 4.64. The SMILES string of the molecule is Cc1ccc(CCNc2cc(C#N)nc(C)n2)cc1. The lowest BCUT2D eigenvalue weighted by molar-refractivity contribution is 0.975. The minimum absolute atomic E-state index is 0.394. The Hall–Kier alpha value is -2.41. The lowest BCUT2D eigenvalue weighted by atomic mass is 10.1. The molecule has 0 spiro atoms. The van der Waals surface area contributed by atoms with Gasteiger partial charge in [-0.3, -0.25) is 0 Å². The van der Waals surface area contributed by atoms with E-state index >= 15 is 0 Å². The van der Waals surface area contributed by atoms with Crippen molar-refractivity contribution in [2.24, 2.45) is 0 Å². The Balaban J connectivity index is 1.94. The molecule has 96 valence electrons. The van der Waals surface area contributed by atoms with E-state index in [1.807, 2.05) is 6.07 Å². The summed E-state index contributed by atoms with van der Waals surface area (Å²) in [6.07, 6.45) is 0.922. The van der Waals surface area contributed by atoms with Crippen LogP contribution in [0.2, 0.25) is 0 Å². The van der Waals surface area contributed by atoms with Gasteiger partial charge < -0.3 is 5.32 Å². The first-order valence-corrected chi connectivity index (χ1v) is 6.22. The van der Waals surface area contributed by atoms with Crippen molar-refractivity contribution in [2.45, 2.75) is 20.3 Å². The van der Waals surface area contributed by atoms with Gasteiger partial charge in [0.25, 0.3) is 0 Å². The molecule has 19 heavy (non-hydrogen) atoms. The van der Waals surface area contributed by atoms with Gasteiger partial charge in [-0.1, -0.05) is 29.8 Å². The Kier molecular flexibility index (Phi) is 4.09. The monoisotopic (exact) mass is 252 g/mol. The second kappa shape index (κ2) is 5.96. The molecule has 1 N–H and O–H groups in total. The maximum absolute atomic E-state index is 8.85. The first-order valence-electron chi connectivity index (χ1n) is 6.22. The van der Waals surface area contributed by atoms with E-state index < -0.39 is 0 Å². The number of benzene rings is 1. The third-order valence-corrected chi connectivity index (χ3v) is 2.79. The highest BCUT2D eigenvalue weighted by molar-refractivity contribution is 5.40. The van der Waals surface area contributed by atoms with Gasteiger partial charge in [-0.15, -0.1) is 0 Å². The van der Waals surface area contributed by atoms with Crippen LogP contribution in [-0.4, -0.2) is 16.5 Å². The van der Waals surface area contributed by atoms with Gasteiger partial charge >= 0.3 is 0 Å². The summed E-state index contributed by atoms with van der Waals surface area (Å²) in [5.41, 5.74) is 2.94. The molecule has 0 aliphatic rings. The summed E-state index contributed by atoms with van der Waals surface area (Å²) in [5, 5.41) is 12.1. The number of aromatic nitrogens is 2. The molecule has 1 heterocycles. The van der Waals surface area contributed by atoms with Crippen molar-refractivity contribution >= 4 is 5.82 Å². The summed E-state index contributed by atoms with van der Waals surface area (Å²) < 4.78 is 0. The van der Waals surface area contributed by atoms with Crippen LogP contribution >= 0.6 is 0 Å². The van der Waals surface area contributed by atoms with E-state index in [1.165, 1.54) is 11.1 Å². The standard InChI is InChI=1S/C15H16N4/c1-11-3-5-13(6-4-11)7-8-17-15-9-14(10-16)18-12(2)19-15/h3-6,9H,7-8H2,1-2H3,(H,17,18,19). The van der Waals surface area contributed by atoms with E-state index in [0.29, 0.717) is 17.3 Å². The van der Waals surface area contributed by atoms with Crippen LogP contribution in [0.15, 0.2) is 30.3 Å². The Labute approximate surface area is 113 Å². The van der Waals surface area contributed by atoms with Crippen molar-refractivity contribution < 1.29 is 0 Å². The van der Waals surface area contributed by atoms with Gasteiger partial charge in [0.2, 0.25) is 0 Å². The minimum Gasteiger partial charge on any atom is -0.370 e. The molecule has 0 unspecified atom stereocenters. The number of nitriles is 1. The maximum atomic E-state index is 8.85. The van der Waals surface area contributed by atoms with Gasteiger partial charge in [-0.05, 0) is 25.8 Å². The van der Waals surface area contributed by atoms with Crippen molar-refractivity contribution in [2.75, 3.05) is 11.9 Å². The number of anilines is 1. The second-order valence-corrected chi connectivity index (χ2v) is 4.46. The molecule has 1 aromatic carbocycles. The van der Waals surface area contributed by atoms with Gasteiger partial charge in [-0.25, -0.2) is 9.97 Å². The Bertz CT molecular complexity index is 597. The fraction of sp³-hybridized carbons (Fsp3) is 0.267. The predicted octanol–water partition coefficient (Wildman–Crippen LogP) is 2.62. The lowest BCUT2D eigenvalue weighted by Crippen LogP contribution is -2.08. The predicted molar refractivity (Wildman–Crippen MR) is 74.9 cm³/mol. The van der Waals surface area contributed by atoms with E-state index in [0.717, 1.165) is 13.0 Å². The van der Waals surface area contributed by atoms with Crippen LogP contribution in [0.25, 0.3) is 0 Å². The van der Waals surface area contributed by atoms with E-state index in [9.17, 15) is 0 Å². The lowest BCUT2D eigenvalue weighted by Gasteiger charge is -2.06. The second-order valence-electron chi connectivity index (χ2n) is 4.46. The van der Waals surface area contributed by atoms with Gasteiger partial charge in [0.1, 0.15) is 23.4 Å². The molecule has 4 nitrogen and oxygen atoms in total.